The van der Waals surface area contributed by atoms with E-state index in [0.717, 1.165) is 17.7 Å². The van der Waals surface area contributed by atoms with Gasteiger partial charge in [0.2, 0.25) is 0 Å². The van der Waals surface area contributed by atoms with Gasteiger partial charge in [0, 0.05) is 0 Å². The molecule has 0 heterocycles. The molecule has 0 radical (unpaired) electrons. The fourth-order valence-electron chi connectivity index (χ4n) is 1.86. The first kappa shape index (κ1) is 18.0. The second kappa shape index (κ2) is 6.64. The molecule has 8 heteroatoms. The van der Waals surface area contributed by atoms with E-state index in [1.165, 1.54) is 31.2 Å². The predicted octanol–water partition coefficient (Wildman–Crippen LogP) is 3.72. The molecule has 4 nitrogen and oxygen atoms in total. The van der Waals surface area contributed by atoms with Gasteiger partial charge in [-0.15, -0.1) is 0 Å². The molecule has 0 amide bonds. The van der Waals surface area contributed by atoms with Crippen molar-refractivity contribution in [3.63, 3.8) is 0 Å². The molecule has 0 atom stereocenters. The zero-order valence-corrected chi connectivity index (χ0v) is 13.7. The van der Waals surface area contributed by atoms with E-state index < -0.39 is 21.8 Å². The molecule has 1 N–H and O–H groups in total. The van der Waals surface area contributed by atoms with Crippen LogP contribution in [0.15, 0.2) is 58.5 Å². The molecule has 0 aliphatic carbocycles. The Hall–Kier alpha value is -2.35. The molecule has 24 heavy (non-hydrogen) atoms. The molecule has 0 saturated heterocycles. The third kappa shape index (κ3) is 4.35. The van der Waals surface area contributed by atoms with Gasteiger partial charge in [-0.25, -0.2) is 0 Å². The molecule has 0 fully saturated rings. The first-order chi connectivity index (χ1) is 11.1. The number of benzene rings is 2. The molecule has 0 bridgehead atoms. The molecular formula is C16H15F3N2O2S. The van der Waals surface area contributed by atoms with E-state index in [2.05, 4.69) is 9.93 Å². The summed E-state index contributed by atoms with van der Waals surface area (Å²) in [6.07, 6.45) is -4.42. The lowest BCUT2D eigenvalue weighted by atomic mass is 10.1. The summed E-state index contributed by atoms with van der Waals surface area (Å²) in [5, 5.41) is 3.75. The number of sulfonamides is 1. The van der Waals surface area contributed by atoms with Crippen LogP contribution in [0.1, 0.15) is 23.6 Å². The van der Waals surface area contributed by atoms with Crippen molar-refractivity contribution in [1.82, 2.24) is 4.83 Å². The van der Waals surface area contributed by atoms with E-state index in [-0.39, 0.29) is 10.6 Å². The van der Waals surface area contributed by atoms with E-state index in [9.17, 15) is 21.6 Å². The van der Waals surface area contributed by atoms with Crippen molar-refractivity contribution < 1.29 is 21.6 Å². The first-order valence-electron chi connectivity index (χ1n) is 6.90. The summed E-state index contributed by atoms with van der Waals surface area (Å²) in [5.74, 6) is 0. The van der Waals surface area contributed by atoms with Gasteiger partial charge < -0.3 is 0 Å². The Labute approximate surface area is 138 Å². The summed E-state index contributed by atoms with van der Waals surface area (Å²) in [6.45, 7) is 3.33. The normalized spacial score (nSPS) is 13.0. The van der Waals surface area contributed by atoms with Crippen LogP contribution >= 0.6 is 0 Å². The Kier molecular flexibility index (Phi) is 4.98. The first-order valence-corrected chi connectivity index (χ1v) is 8.38. The smallest absolute Gasteiger partial charge is 0.200 e. The minimum atomic E-state index is -4.42. The molecule has 2 aromatic carbocycles. The van der Waals surface area contributed by atoms with Gasteiger partial charge in [-0.1, -0.05) is 29.8 Å². The number of hydrogen-bond donors (Lipinski definition) is 1. The minimum absolute atomic E-state index is 0.0528. The van der Waals surface area contributed by atoms with E-state index in [0.29, 0.717) is 5.56 Å². The lowest BCUT2D eigenvalue weighted by Gasteiger charge is -2.08. The maximum Gasteiger partial charge on any atom is 0.416 e. The highest BCUT2D eigenvalue weighted by molar-refractivity contribution is 7.89. The number of aryl methyl sites for hydroxylation is 1. The largest absolute Gasteiger partial charge is 0.416 e. The molecule has 0 aliphatic rings. The van der Waals surface area contributed by atoms with E-state index >= 15 is 0 Å². The van der Waals surface area contributed by atoms with Crippen molar-refractivity contribution in [3.05, 3.63) is 65.2 Å². The highest BCUT2D eigenvalue weighted by Crippen LogP contribution is 2.29. The second-order valence-electron chi connectivity index (χ2n) is 5.18. The molecular weight excluding hydrogens is 341 g/mol. The molecule has 2 rings (SSSR count). The van der Waals surface area contributed by atoms with Gasteiger partial charge in [0.15, 0.2) is 0 Å². The van der Waals surface area contributed by atoms with Crippen LogP contribution in [0, 0.1) is 6.92 Å². The van der Waals surface area contributed by atoms with Crippen LogP contribution in [0.25, 0.3) is 0 Å². The molecule has 0 aromatic heterocycles. The van der Waals surface area contributed by atoms with Crippen LogP contribution in [-0.2, 0) is 16.2 Å². The van der Waals surface area contributed by atoms with Crippen LogP contribution < -0.4 is 4.83 Å². The van der Waals surface area contributed by atoms with Crippen LogP contribution in [0.4, 0.5) is 13.2 Å². The summed E-state index contributed by atoms with van der Waals surface area (Å²) >= 11 is 0. The monoisotopic (exact) mass is 356 g/mol. The van der Waals surface area contributed by atoms with Gasteiger partial charge in [-0.2, -0.15) is 31.5 Å². The molecule has 0 unspecified atom stereocenters. The third-order valence-corrected chi connectivity index (χ3v) is 4.52. The Morgan fingerprint density at radius 2 is 1.54 bits per heavy atom. The molecule has 0 saturated carbocycles. The van der Waals surface area contributed by atoms with Gasteiger partial charge >= 0.3 is 6.18 Å². The van der Waals surface area contributed by atoms with Crippen molar-refractivity contribution in [1.29, 1.82) is 0 Å². The Balaban J connectivity index is 2.17. The summed E-state index contributed by atoms with van der Waals surface area (Å²) < 4.78 is 61.8. The molecule has 128 valence electrons. The number of alkyl halides is 3. The summed E-state index contributed by atoms with van der Waals surface area (Å²) in [4.78, 5) is 2.13. The van der Waals surface area contributed by atoms with E-state index in [1.54, 1.807) is 12.1 Å². The summed E-state index contributed by atoms with van der Waals surface area (Å²) in [7, 11) is -3.83. The number of hydrazone groups is 1. The molecule has 0 spiro atoms. The SMILES string of the molecule is CC(=NNS(=O)(=O)c1ccc(C)cc1)c1ccc(C(F)(F)F)cc1. The highest BCUT2D eigenvalue weighted by atomic mass is 32.2. The standard InChI is InChI=1S/C16H15F3N2O2S/c1-11-3-9-15(10-4-11)24(22,23)21-20-12(2)13-5-7-14(8-6-13)16(17,18)19/h3-10,21H,1-2H3. The quantitative estimate of drug-likeness (QED) is 0.671. The van der Waals surface area contributed by atoms with Gasteiger partial charge in [-0.3, -0.25) is 0 Å². The van der Waals surface area contributed by atoms with Gasteiger partial charge in [-0.05, 0) is 43.7 Å². The zero-order chi connectivity index (χ0) is 18.0. The van der Waals surface area contributed by atoms with Crippen molar-refractivity contribution in [2.24, 2.45) is 5.10 Å². The number of nitrogens with one attached hydrogen (secondary N) is 1. The maximum atomic E-state index is 12.5. The zero-order valence-electron chi connectivity index (χ0n) is 12.9. The fraction of sp³-hybridized carbons (Fsp3) is 0.188. The second-order valence-corrected chi connectivity index (χ2v) is 6.84. The van der Waals surface area contributed by atoms with Crippen LogP contribution in [-0.4, -0.2) is 14.1 Å². The lowest BCUT2D eigenvalue weighted by molar-refractivity contribution is -0.137. The van der Waals surface area contributed by atoms with E-state index in [4.69, 9.17) is 0 Å². The minimum Gasteiger partial charge on any atom is -0.200 e. The van der Waals surface area contributed by atoms with Gasteiger partial charge in [0.25, 0.3) is 10.0 Å². The van der Waals surface area contributed by atoms with Crippen molar-refractivity contribution in [2.75, 3.05) is 0 Å². The predicted molar refractivity (Wildman–Crippen MR) is 85.2 cm³/mol. The topological polar surface area (TPSA) is 58.5 Å². The van der Waals surface area contributed by atoms with Crippen molar-refractivity contribution in [2.45, 2.75) is 24.9 Å². The van der Waals surface area contributed by atoms with Crippen molar-refractivity contribution >= 4 is 15.7 Å². The third-order valence-electron chi connectivity index (χ3n) is 3.29. The lowest BCUT2D eigenvalue weighted by Crippen LogP contribution is -2.20. The Morgan fingerprint density at radius 1 is 1.00 bits per heavy atom. The Bertz CT molecular complexity index is 840. The van der Waals surface area contributed by atoms with Gasteiger partial charge in [0.1, 0.15) is 0 Å². The van der Waals surface area contributed by atoms with E-state index in [1.807, 2.05) is 6.92 Å². The van der Waals surface area contributed by atoms with Crippen LogP contribution in [0.5, 0.6) is 0 Å². The van der Waals surface area contributed by atoms with Crippen LogP contribution in [0.3, 0.4) is 0 Å². The molecule has 2 aromatic rings. The number of hydrogen-bond acceptors (Lipinski definition) is 3. The summed E-state index contributed by atoms with van der Waals surface area (Å²) in [6, 6.07) is 10.5. The average Bonchev–Trinajstić information content (AvgIpc) is 2.52. The van der Waals surface area contributed by atoms with Crippen LogP contribution in [0.2, 0.25) is 0 Å². The Morgan fingerprint density at radius 3 is 2.04 bits per heavy atom. The highest BCUT2D eigenvalue weighted by Gasteiger charge is 2.30. The average molecular weight is 356 g/mol. The number of halogens is 3. The fourth-order valence-corrected chi connectivity index (χ4v) is 2.72. The van der Waals surface area contributed by atoms with Gasteiger partial charge in [0.05, 0.1) is 16.2 Å². The number of rotatable bonds is 4. The molecule has 0 aliphatic heterocycles. The summed E-state index contributed by atoms with van der Waals surface area (Å²) in [5.41, 5.74) is 0.770. The van der Waals surface area contributed by atoms with Crippen molar-refractivity contribution in [3.8, 4) is 0 Å². The number of nitrogens with zero attached hydrogens (tertiary/aromatic N) is 1. The maximum absolute atomic E-state index is 12.5.